The van der Waals surface area contributed by atoms with Gasteiger partial charge in [-0.1, -0.05) is 128 Å². The standard InChI is InChI=1S/C33H30N2OS/c1-25(32-34-30(24-37-32)26-14-6-2-7-15-26)22-23-31(36)35-33(27-16-8-3-9-17-27,28-18-10-4-11-19-28)29-20-12-5-13-21-29/h2-21,24-25H,22-23H2,1H3,(H,35,36)/t25-/m0/s1. The fourth-order valence-corrected chi connectivity index (χ4v) is 5.70. The molecule has 37 heavy (non-hydrogen) atoms. The average molecular weight is 503 g/mol. The molecule has 0 unspecified atom stereocenters. The lowest BCUT2D eigenvalue weighted by Crippen LogP contribution is -2.47. The van der Waals surface area contributed by atoms with Crippen molar-refractivity contribution in [3.05, 3.63) is 148 Å². The lowest BCUT2D eigenvalue weighted by molar-refractivity contribution is -0.122. The molecule has 0 aliphatic heterocycles. The van der Waals surface area contributed by atoms with E-state index in [4.69, 9.17) is 4.98 Å². The maximum atomic E-state index is 13.6. The highest BCUT2D eigenvalue weighted by atomic mass is 32.1. The number of nitrogens with one attached hydrogen (secondary N) is 1. The van der Waals surface area contributed by atoms with Crippen LogP contribution in [0.15, 0.2) is 127 Å². The van der Waals surface area contributed by atoms with Crippen molar-refractivity contribution in [3.63, 3.8) is 0 Å². The fraction of sp³-hybridized carbons (Fsp3) is 0.152. The second-order valence-electron chi connectivity index (χ2n) is 9.27. The number of rotatable bonds is 9. The van der Waals surface area contributed by atoms with Crippen LogP contribution in [0.3, 0.4) is 0 Å². The molecule has 1 N–H and O–H groups in total. The Kier molecular flexibility index (Phi) is 7.57. The molecule has 0 bridgehead atoms. The largest absolute Gasteiger partial charge is 0.338 e. The van der Waals surface area contributed by atoms with E-state index in [9.17, 15) is 4.79 Å². The van der Waals surface area contributed by atoms with Gasteiger partial charge in [-0.15, -0.1) is 11.3 Å². The molecule has 1 heterocycles. The number of carbonyl (C=O) groups excluding carboxylic acids is 1. The van der Waals surface area contributed by atoms with E-state index >= 15 is 0 Å². The normalized spacial score (nSPS) is 12.1. The minimum atomic E-state index is -0.786. The summed E-state index contributed by atoms with van der Waals surface area (Å²) in [6, 6.07) is 40.9. The quantitative estimate of drug-likeness (QED) is 0.209. The monoisotopic (exact) mass is 502 g/mol. The molecule has 4 heteroatoms. The Morgan fingerprint density at radius 3 is 1.70 bits per heavy atom. The third-order valence-electron chi connectivity index (χ3n) is 6.76. The Bertz CT molecular complexity index is 1320. The molecule has 0 fully saturated rings. The van der Waals surface area contributed by atoms with Gasteiger partial charge in [0.25, 0.3) is 0 Å². The van der Waals surface area contributed by atoms with Gasteiger partial charge in [0.2, 0.25) is 5.91 Å². The van der Waals surface area contributed by atoms with Crippen LogP contribution in [0.25, 0.3) is 11.3 Å². The van der Waals surface area contributed by atoms with Gasteiger partial charge in [0.15, 0.2) is 0 Å². The fourth-order valence-electron chi connectivity index (χ4n) is 4.78. The van der Waals surface area contributed by atoms with E-state index in [1.54, 1.807) is 11.3 Å². The first-order chi connectivity index (χ1) is 18.2. The summed E-state index contributed by atoms with van der Waals surface area (Å²) < 4.78 is 0. The van der Waals surface area contributed by atoms with Crippen molar-refractivity contribution >= 4 is 17.2 Å². The van der Waals surface area contributed by atoms with E-state index in [-0.39, 0.29) is 11.8 Å². The lowest BCUT2D eigenvalue weighted by Gasteiger charge is -2.37. The number of nitrogens with zero attached hydrogens (tertiary/aromatic N) is 1. The molecular formula is C33H30N2OS. The number of hydrogen-bond acceptors (Lipinski definition) is 3. The van der Waals surface area contributed by atoms with Crippen LogP contribution in [0, 0.1) is 0 Å². The number of thiazole rings is 1. The highest BCUT2D eigenvalue weighted by Gasteiger charge is 2.37. The van der Waals surface area contributed by atoms with Crippen LogP contribution < -0.4 is 5.32 Å². The summed E-state index contributed by atoms with van der Waals surface area (Å²) in [6.07, 6.45) is 1.14. The molecule has 0 saturated carbocycles. The Hall–Kier alpha value is -4.02. The van der Waals surface area contributed by atoms with Crippen LogP contribution >= 0.6 is 11.3 Å². The number of carbonyl (C=O) groups is 1. The van der Waals surface area contributed by atoms with E-state index in [0.29, 0.717) is 6.42 Å². The molecule has 4 aromatic carbocycles. The zero-order chi connectivity index (χ0) is 25.5. The number of amides is 1. The van der Waals surface area contributed by atoms with Gasteiger partial charge < -0.3 is 5.32 Å². The lowest BCUT2D eigenvalue weighted by atomic mass is 9.77. The van der Waals surface area contributed by atoms with Gasteiger partial charge in [0.05, 0.1) is 10.7 Å². The summed E-state index contributed by atoms with van der Waals surface area (Å²) in [7, 11) is 0. The van der Waals surface area contributed by atoms with Gasteiger partial charge in [-0.05, 0) is 23.1 Å². The minimum absolute atomic E-state index is 0.0169. The zero-order valence-corrected chi connectivity index (χ0v) is 21.7. The Labute approximate surface area is 222 Å². The second kappa shape index (κ2) is 11.4. The topological polar surface area (TPSA) is 42.0 Å². The first-order valence-electron chi connectivity index (χ1n) is 12.7. The predicted octanol–water partition coefficient (Wildman–Crippen LogP) is 7.80. The second-order valence-corrected chi connectivity index (χ2v) is 10.2. The average Bonchev–Trinajstić information content (AvgIpc) is 3.47. The van der Waals surface area contributed by atoms with Crippen molar-refractivity contribution in [1.29, 1.82) is 0 Å². The molecule has 5 aromatic rings. The molecule has 1 atom stereocenters. The summed E-state index contributed by atoms with van der Waals surface area (Å²) in [4.78, 5) is 18.5. The van der Waals surface area contributed by atoms with E-state index in [1.165, 1.54) is 0 Å². The van der Waals surface area contributed by atoms with Crippen molar-refractivity contribution in [2.75, 3.05) is 0 Å². The van der Waals surface area contributed by atoms with Crippen LogP contribution in [-0.2, 0) is 10.3 Å². The smallest absolute Gasteiger partial charge is 0.221 e. The summed E-state index contributed by atoms with van der Waals surface area (Å²) >= 11 is 1.67. The molecule has 1 amide bonds. The predicted molar refractivity (Wildman–Crippen MR) is 153 cm³/mol. The first-order valence-corrected chi connectivity index (χ1v) is 13.5. The Morgan fingerprint density at radius 2 is 1.22 bits per heavy atom. The highest BCUT2D eigenvalue weighted by molar-refractivity contribution is 7.10. The van der Waals surface area contributed by atoms with Crippen LogP contribution in [0.4, 0.5) is 0 Å². The Balaban J connectivity index is 1.40. The van der Waals surface area contributed by atoms with Crippen molar-refractivity contribution in [1.82, 2.24) is 10.3 Å². The number of benzene rings is 4. The van der Waals surface area contributed by atoms with E-state index in [1.807, 2.05) is 72.8 Å². The maximum absolute atomic E-state index is 13.6. The van der Waals surface area contributed by atoms with Gasteiger partial charge in [-0.25, -0.2) is 4.98 Å². The molecule has 0 aliphatic carbocycles. The van der Waals surface area contributed by atoms with Crippen molar-refractivity contribution in [2.24, 2.45) is 0 Å². The van der Waals surface area contributed by atoms with E-state index < -0.39 is 5.54 Å². The van der Waals surface area contributed by atoms with Crippen molar-refractivity contribution in [3.8, 4) is 11.3 Å². The molecule has 184 valence electrons. The first kappa shape index (κ1) is 24.7. The van der Waals surface area contributed by atoms with Crippen LogP contribution in [0.2, 0.25) is 0 Å². The molecule has 0 spiro atoms. The maximum Gasteiger partial charge on any atom is 0.221 e. The number of hydrogen-bond donors (Lipinski definition) is 1. The van der Waals surface area contributed by atoms with Gasteiger partial charge in [-0.3, -0.25) is 4.79 Å². The molecule has 0 radical (unpaired) electrons. The third kappa shape index (κ3) is 5.40. The van der Waals surface area contributed by atoms with Crippen LogP contribution in [0.1, 0.15) is 47.4 Å². The van der Waals surface area contributed by atoms with Crippen LogP contribution in [-0.4, -0.2) is 10.9 Å². The van der Waals surface area contributed by atoms with Crippen LogP contribution in [0.5, 0.6) is 0 Å². The summed E-state index contributed by atoms with van der Waals surface area (Å²) in [5, 5.41) is 6.63. The summed E-state index contributed by atoms with van der Waals surface area (Å²) in [6.45, 7) is 2.15. The zero-order valence-electron chi connectivity index (χ0n) is 20.9. The SMILES string of the molecule is C[C@@H](CCC(=O)NC(c1ccccc1)(c1ccccc1)c1ccccc1)c1nc(-c2ccccc2)cs1. The minimum Gasteiger partial charge on any atom is -0.338 e. The van der Waals surface area contributed by atoms with Gasteiger partial charge in [0.1, 0.15) is 5.54 Å². The molecule has 0 aliphatic rings. The molecule has 3 nitrogen and oxygen atoms in total. The molecule has 1 aromatic heterocycles. The summed E-state index contributed by atoms with van der Waals surface area (Å²) in [5.74, 6) is 0.205. The number of aromatic nitrogens is 1. The molecule has 0 saturated heterocycles. The van der Waals surface area contributed by atoms with Gasteiger partial charge in [0, 0.05) is 23.3 Å². The van der Waals surface area contributed by atoms with Gasteiger partial charge in [-0.2, -0.15) is 0 Å². The van der Waals surface area contributed by atoms with Crippen molar-refractivity contribution < 1.29 is 4.79 Å². The third-order valence-corrected chi connectivity index (χ3v) is 7.84. The molecule has 5 rings (SSSR count). The Morgan fingerprint density at radius 1 is 0.757 bits per heavy atom. The highest BCUT2D eigenvalue weighted by Crippen LogP contribution is 2.37. The van der Waals surface area contributed by atoms with E-state index in [2.05, 4.69) is 66.2 Å². The van der Waals surface area contributed by atoms with E-state index in [0.717, 1.165) is 39.4 Å². The van der Waals surface area contributed by atoms with Crippen molar-refractivity contribution in [2.45, 2.75) is 31.2 Å². The molecular weight excluding hydrogens is 472 g/mol. The summed E-state index contributed by atoms with van der Waals surface area (Å²) in [5.41, 5.74) is 4.41. The van der Waals surface area contributed by atoms with Gasteiger partial charge >= 0.3 is 0 Å².